The number of carbonyl (C=O) groups is 1. The highest BCUT2D eigenvalue weighted by atomic mass is 32.1. The number of hydrogen-bond acceptors (Lipinski definition) is 2. The van der Waals surface area contributed by atoms with E-state index in [9.17, 15) is 13.6 Å². The predicted molar refractivity (Wildman–Crippen MR) is 63.8 cm³/mol. The van der Waals surface area contributed by atoms with Crippen LogP contribution >= 0.6 is 11.3 Å². The van der Waals surface area contributed by atoms with Crippen molar-refractivity contribution in [2.24, 2.45) is 0 Å². The van der Waals surface area contributed by atoms with Gasteiger partial charge in [0, 0.05) is 28.2 Å². The summed E-state index contributed by atoms with van der Waals surface area (Å²) in [6.07, 6.45) is 0.204. The Morgan fingerprint density at radius 1 is 1.41 bits per heavy atom. The summed E-state index contributed by atoms with van der Waals surface area (Å²) >= 11 is 1.37. The van der Waals surface area contributed by atoms with Crippen LogP contribution in [0.5, 0.6) is 0 Å². The van der Waals surface area contributed by atoms with Crippen LogP contribution in [-0.4, -0.2) is 11.1 Å². The van der Waals surface area contributed by atoms with E-state index in [0.717, 1.165) is 4.88 Å². The molecule has 0 aliphatic carbocycles. The molecule has 2 nitrogen and oxygen atoms in total. The largest absolute Gasteiger partial charge is 0.481 e. The van der Waals surface area contributed by atoms with Crippen molar-refractivity contribution in [2.75, 3.05) is 0 Å². The molecule has 0 aliphatic heterocycles. The average molecular weight is 262 g/mol. The fourth-order valence-corrected chi connectivity index (χ4v) is 2.73. The summed E-state index contributed by atoms with van der Waals surface area (Å²) in [5, 5.41) is 8.42. The molecule has 0 bridgehead atoms. The van der Waals surface area contributed by atoms with Crippen molar-refractivity contribution in [1.29, 1.82) is 0 Å². The Bertz CT molecular complexity index is 399. The molecular formula is C12H16F2O2S. The van der Waals surface area contributed by atoms with Gasteiger partial charge in [0.05, 0.1) is 0 Å². The lowest BCUT2D eigenvalue weighted by Gasteiger charge is -2.15. The maximum absolute atomic E-state index is 13.8. The Morgan fingerprint density at radius 3 is 2.53 bits per heavy atom. The zero-order valence-electron chi connectivity index (χ0n) is 9.93. The maximum Gasteiger partial charge on any atom is 0.303 e. The summed E-state index contributed by atoms with van der Waals surface area (Å²) in [5.41, 5.74) is 0.0929. The van der Waals surface area contributed by atoms with Crippen LogP contribution in [0.3, 0.4) is 0 Å². The molecule has 0 atom stereocenters. The van der Waals surface area contributed by atoms with Crippen LogP contribution in [0.2, 0.25) is 0 Å². The second-order valence-electron chi connectivity index (χ2n) is 4.13. The third-order valence-corrected chi connectivity index (χ3v) is 3.53. The third kappa shape index (κ3) is 4.07. The fourth-order valence-electron chi connectivity index (χ4n) is 1.75. The number of unbranched alkanes of at least 4 members (excludes halogenated alkanes) is 1. The van der Waals surface area contributed by atoms with Crippen molar-refractivity contribution in [3.05, 3.63) is 21.4 Å². The molecule has 1 aromatic heterocycles. The summed E-state index contributed by atoms with van der Waals surface area (Å²) in [5.74, 6) is -3.77. The van der Waals surface area contributed by atoms with Crippen molar-refractivity contribution in [3.8, 4) is 0 Å². The Kier molecular flexibility index (Phi) is 4.62. The number of aryl methyl sites for hydroxylation is 2. The lowest BCUT2D eigenvalue weighted by molar-refractivity contribution is -0.137. The number of thiophene rings is 1. The highest BCUT2D eigenvalue weighted by Gasteiger charge is 2.33. The van der Waals surface area contributed by atoms with E-state index >= 15 is 0 Å². The highest BCUT2D eigenvalue weighted by molar-refractivity contribution is 7.12. The van der Waals surface area contributed by atoms with Gasteiger partial charge >= 0.3 is 5.97 Å². The molecule has 0 saturated heterocycles. The van der Waals surface area contributed by atoms with E-state index in [1.54, 1.807) is 6.92 Å². The normalized spacial score (nSPS) is 11.8. The average Bonchev–Trinajstić information content (AvgIpc) is 2.53. The first-order valence-corrected chi connectivity index (χ1v) is 6.31. The van der Waals surface area contributed by atoms with Gasteiger partial charge in [-0.2, -0.15) is 0 Å². The van der Waals surface area contributed by atoms with Crippen LogP contribution in [0.4, 0.5) is 8.78 Å². The first-order chi connectivity index (χ1) is 7.83. The molecular weight excluding hydrogens is 246 g/mol. The van der Waals surface area contributed by atoms with E-state index in [2.05, 4.69) is 0 Å². The van der Waals surface area contributed by atoms with E-state index in [0.29, 0.717) is 11.3 Å². The summed E-state index contributed by atoms with van der Waals surface area (Å²) < 4.78 is 27.6. The van der Waals surface area contributed by atoms with Crippen LogP contribution in [0, 0.1) is 13.8 Å². The molecule has 17 heavy (non-hydrogen) atoms. The number of alkyl halides is 2. The van der Waals surface area contributed by atoms with Crippen LogP contribution in [0.1, 0.15) is 41.0 Å². The van der Waals surface area contributed by atoms with Gasteiger partial charge in [-0.15, -0.1) is 11.3 Å². The van der Waals surface area contributed by atoms with Gasteiger partial charge in [-0.05, 0) is 32.8 Å². The topological polar surface area (TPSA) is 37.3 Å². The Hall–Kier alpha value is -0.970. The van der Waals surface area contributed by atoms with Gasteiger partial charge in [-0.1, -0.05) is 0 Å². The molecule has 0 unspecified atom stereocenters. The first kappa shape index (κ1) is 14.1. The van der Waals surface area contributed by atoms with E-state index in [1.165, 1.54) is 17.4 Å². The molecule has 0 spiro atoms. The monoisotopic (exact) mass is 262 g/mol. The van der Waals surface area contributed by atoms with Gasteiger partial charge in [0.15, 0.2) is 0 Å². The fraction of sp³-hybridized carbons (Fsp3) is 0.583. The Labute approximate surface area is 103 Å². The van der Waals surface area contributed by atoms with Crippen molar-refractivity contribution < 1.29 is 18.7 Å². The van der Waals surface area contributed by atoms with Gasteiger partial charge in [-0.25, -0.2) is 8.78 Å². The van der Waals surface area contributed by atoms with E-state index in [-0.39, 0.29) is 24.8 Å². The first-order valence-electron chi connectivity index (χ1n) is 5.50. The van der Waals surface area contributed by atoms with E-state index in [4.69, 9.17) is 5.11 Å². The SMILES string of the molecule is Cc1cc(C(F)(F)CCCCC(=O)O)c(C)s1. The molecule has 0 radical (unpaired) electrons. The highest BCUT2D eigenvalue weighted by Crippen LogP contribution is 2.38. The number of carboxylic acids is 1. The standard InChI is InChI=1S/C12H16F2O2S/c1-8-7-10(9(2)17-8)12(13,14)6-4-3-5-11(15)16/h7H,3-6H2,1-2H3,(H,15,16). The van der Waals surface area contributed by atoms with E-state index < -0.39 is 11.9 Å². The van der Waals surface area contributed by atoms with Crippen molar-refractivity contribution in [3.63, 3.8) is 0 Å². The van der Waals surface area contributed by atoms with Crippen LogP contribution in [-0.2, 0) is 10.7 Å². The van der Waals surface area contributed by atoms with Gasteiger partial charge in [-0.3, -0.25) is 4.79 Å². The quantitative estimate of drug-likeness (QED) is 0.784. The number of rotatable bonds is 6. The molecule has 0 aromatic carbocycles. The molecule has 1 rings (SSSR count). The summed E-state index contributed by atoms with van der Waals surface area (Å²) in [6, 6.07) is 1.52. The lowest BCUT2D eigenvalue weighted by atomic mass is 10.0. The molecule has 1 N–H and O–H groups in total. The number of halogens is 2. The minimum Gasteiger partial charge on any atom is -0.481 e. The minimum absolute atomic E-state index is 0.0439. The van der Waals surface area contributed by atoms with Crippen molar-refractivity contribution >= 4 is 17.3 Å². The molecule has 1 heterocycles. The number of carboxylic acid groups (broad SMARTS) is 1. The number of hydrogen-bond donors (Lipinski definition) is 1. The second-order valence-corrected chi connectivity index (χ2v) is 5.59. The molecule has 0 fully saturated rings. The lowest BCUT2D eigenvalue weighted by Crippen LogP contribution is -2.13. The zero-order valence-corrected chi connectivity index (χ0v) is 10.7. The summed E-state index contributed by atoms with van der Waals surface area (Å²) in [6.45, 7) is 3.50. The number of aliphatic carboxylic acids is 1. The smallest absolute Gasteiger partial charge is 0.303 e. The van der Waals surface area contributed by atoms with E-state index in [1.807, 2.05) is 6.92 Å². The van der Waals surface area contributed by atoms with Crippen LogP contribution in [0.15, 0.2) is 6.07 Å². The summed E-state index contributed by atoms with van der Waals surface area (Å²) in [7, 11) is 0. The van der Waals surface area contributed by atoms with Crippen LogP contribution in [0.25, 0.3) is 0 Å². The van der Waals surface area contributed by atoms with Gasteiger partial charge in [0.2, 0.25) is 0 Å². The molecule has 0 amide bonds. The van der Waals surface area contributed by atoms with Gasteiger partial charge in [0.1, 0.15) is 0 Å². The Balaban J connectivity index is 2.56. The van der Waals surface area contributed by atoms with Crippen molar-refractivity contribution in [1.82, 2.24) is 0 Å². The Morgan fingerprint density at radius 2 is 2.06 bits per heavy atom. The molecule has 5 heteroatoms. The minimum atomic E-state index is -2.84. The van der Waals surface area contributed by atoms with Crippen LogP contribution < -0.4 is 0 Å². The molecule has 0 saturated carbocycles. The molecule has 1 aromatic rings. The second kappa shape index (κ2) is 5.58. The predicted octanol–water partition coefficient (Wildman–Crippen LogP) is 4.10. The van der Waals surface area contributed by atoms with Crippen molar-refractivity contribution in [2.45, 2.75) is 45.5 Å². The van der Waals surface area contributed by atoms with Gasteiger partial charge in [0.25, 0.3) is 5.92 Å². The summed E-state index contributed by atoms with van der Waals surface area (Å²) in [4.78, 5) is 11.8. The third-order valence-electron chi connectivity index (χ3n) is 2.57. The molecule has 96 valence electrons. The van der Waals surface area contributed by atoms with Gasteiger partial charge < -0.3 is 5.11 Å². The zero-order chi connectivity index (χ0) is 13.1. The maximum atomic E-state index is 13.8. The molecule has 0 aliphatic rings.